The fraction of sp³-hybridized carbons (Fsp3) is 0.636. The maximum atomic E-state index is 15.2. The molecule has 1 aromatic rings. The molecule has 0 saturated carbocycles. The second-order valence-electron chi connectivity index (χ2n) is 7.88. The van der Waals surface area contributed by atoms with Gasteiger partial charge in [-0.3, -0.25) is 0 Å². The van der Waals surface area contributed by atoms with Gasteiger partial charge >= 0.3 is 0 Å². The molecule has 5 atom stereocenters. The van der Waals surface area contributed by atoms with E-state index in [2.05, 4.69) is 0 Å². The zero-order valence-electron chi connectivity index (χ0n) is 17.8. The van der Waals surface area contributed by atoms with Gasteiger partial charge in [0.05, 0.1) is 25.9 Å². The molecule has 1 saturated heterocycles. The van der Waals surface area contributed by atoms with E-state index in [1.54, 1.807) is 34.8 Å². The lowest BCUT2D eigenvalue weighted by molar-refractivity contribution is -0.159. The summed E-state index contributed by atoms with van der Waals surface area (Å²) in [5.41, 5.74) is 0.851. The highest BCUT2D eigenvalue weighted by atomic mass is 19.1. The van der Waals surface area contributed by atoms with Gasteiger partial charge in [0.15, 0.2) is 5.79 Å². The summed E-state index contributed by atoms with van der Waals surface area (Å²) in [5, 5.41) is 19.1. The van der Waals surface area contributed by atoms with Crippen LogP contribution in [0.3, 0.4) is 0 Å². The maximum Gasteiger partial charge on any atom is 0.163 e. The second kappa shape index (κ2) is 10.5. The molecule has 1 aromatic carbocycles. The Morgan fingerprint density at radius 2 is 1.90 bits per heavy atom. The van der Waals surface area contributed by atoms with Crippen LogP contribution in [0.5, 0.6) is 5.75 Å². The molecule has 1 aliphatic rings. The van der Waals surface area contributed by atoms with Crippen molar-refractivity contribution in [2.75, 3.05) is 13.7 Å². The predicted molar refractivity (Wildman–Crippen MR) is 107 cm³/mol. The largest absolute Gasteiger partial charge is 0.497 e. The standard InChI is InChI=1S/C22H33FO6/c1-14(15(2)25)12-18(23)20(21-19(10-11-24)28-22(3,4)29-21)27-13-16-6-8-17(26-5)9-7-16/h6-9,12,14-15,19-21,24-25H,10-11,13H2,1-5H3/b18-12+/t14-,15+,19+,20-,21+/m1/s1. The smallest absolute Gasteiger partial charge is 0.163 e. The van der Waals surface area contributed by atoms with Crippen LogP contribution in [-0.2, 0) is 20.8 Å². The summed E-state index contributed by atoms with van der Waals surface area (Å²) in [6.45, 7) is 6.88. The lowest BCUT2D eigenvalue weighted by Gasteiger charge is -2.26. The molecule has 2 rings (SSSR count). The first-order valence-electron chi connectivity index (χ1n) is 9.93. The van der Waals surface area contributed by atoms with E-state index in [1.165, 1.54) is 6.08 Å². The third kappa shape index (κ3) is 6.76. The summed E-state index contributed by atoms with van der Waals surface area (Å²) in [6, 6.07) is 7.30. The van der Waals surface area contributed by atoms with Gasteiger partial charge in [-0.1, -0.05) is 19.1 Å². The molecule has 1 fully saturated rings. The molecule has 0 bridgehead atoms. The number of halogens is 1. The number of rotatable bonds is 10. The third-order valence-corrected chi connectivity index (χ3v) is 4.98. The minimum Gasteiger partial charge on any atom is -0.497 e. The van der Waals surface area contributed by atoms with Gasteiger partial charge in [-0.15, -0.1) is 0 Å². The highest BCUT2D eigenvalue weighted by Crippen LogP contribution is 2.35. The molecule has 0 radical (unpaired) electrons. The van der Waals surface area contributed by atoms with Crippen molar-refractivity contribution in [2.24, 2.45) is 5.92 Å². The Morgan fingerprint density at radius 3 is 2.45 bits per heavy atom. The van der Waals surface area contributed by atoms with Crippen molar-refractivity contribution in [1.82, 2.24) is 0 Å². The SMILES string of the molecule is COc1ccc(CO[C@H](/C(F)=C\[C@@H](C)[C@H](C)O)[C@H]2OC(C)(C)O[C@H]2CCO)cc1. The molecule has 0 aliphatic carbocycles. The molecule has 7 heteroatoms. The number of aliphatic hydroxyl groups is 2. The number of aliphatic hydroxyl groups excluding tert-OH is 2. The molecule has 0 unspecified atom stereocenters. The van der Waals surface area contributed by atoms with E-state index in [9.17, 15) is 10.2 Å². The Morgan fingerprint density at radius 1 is 1.24 bits per heavy atom. The molecule has 1 heterocycles. The average molecular weight is 412 g/mol. The molecule has 2 N–H and O–H groups in total. The summed E-state index contributed by atoms with van der Waals surface area (Å²) >= 11 is 0. The number of hydrogen-bond acceptors (Lipinski definition) is 6. The van der Waals surface area contributed by atoms with Gasteiger partial charge in [-0.2, -0.15) is 0 Å². The van der Waals surface area contributed by atoms with E-state index in [0.717, 1.165) is 11.3 Å². The molecule has 1 aliphatic heterocycles. The molecule has 0 amide bonds. The van der Waals surface area contributed by atoms with E-state index in [4.69, 9.17) is 18.9 Å². The highest BCUT2D eigenvalue weighted by molar-refractivity contribution is 5.26. The Kier molecular flexibility index (Phi) is 8.60. The van der Waals surface area contributed by atoms with Crippen LogP contribution < -0.4 is 4.74 Å². The van der Waals surface area contributed by atoms with Gasteiger partial charge in [0.25, 0.3) is 0 Å². The summed E-state index contributed by atoms with van der Waals surface area (Å²) in [6.07, 6.45) is -1.32. The second-order valence-corrected chi connectivity index (χ2v) is 7.88. The van der Waals surface area contributed by atoms with E-state index >= 15 is 4.39 Å². The Labute approximate surface area is 172 Å². The summed E-state index contributed by atoms with van der Waals surface area (Å²) < 4.78 is 38.1. The lowest BCUT2D eigenvalue weighted by atomic mass is 10.00. The molecule has 0 aromatic heterocycles. The highest BCUT2D eigenvalue weighted by Gasteiger charge is 2.46. The van der Waals surface area contributed by atoms with Crippen LogP contribution in [0.1, 0.15) is 39.7 Å². The van der Waals surface area contributed by atoms with Crippen molar-refractivity contribution < 1.29 is 33.6 Å². The van der Waals surface area contributed by atoms with E-state index in [0.29, 0.717) is 6.42 Å². The van der Waals surface area contributed by atoms with Gasteiger partial charge < -0.3 is 29.2 Å². The quantitative estimate of drug-likeness (QED) is 0.614. The van der Waals surface area contributed by atoms with Crippen molar-refractivity contribution >= 4 is 0 Å². The fourth-order valence-electron chi connectivity index (χ4n) is 3.19. The molecular weight excluding hydrogens is 379 g/mol. The topological polar surface area (TPSA) is 77.4 Å². The van der Waals surface area contributed by atoms with E-state index in [-0.39, 0.29) is 13.2 Å². The van der Waals surface area contributed by atoms with Crippen molar-refractivity contribution in [3.8, 4) is 5.75 Å². The van der Waals surface area contributed by atoms with Crippen molar-refractivity contribution in [3.05, 3.63) is 41.7 Å². The van der Waals surface area contributed by atoms with Crippen LogP contribution in [0.4, 0.5) is 4.39 Å². The summed E-state index contributed by atoms with van der Waals surface area (Å²) in [5.74, 6) is -1.11. The first-order valence-corrected chi connectivity index (χ1v) is 9.93. The first-order chi connectivity index (χ1) is 13.7. The fourth-order valence-corrected chi connectivity index (χ4v) is 3.19. The number of benzene rings is 1. The number of methoxy groups -OCH3 is 1. The van der Waals surface area contributed by atoms with Gasteiger partial charge in [0, 0.05) is 12.5 Å². The normalized spacial score (nSPS) is 24.9. The predicted octanol–water partition coefficient (Wildman–Crippen LogP) is 3.35. The molecule has 6 nitrogen and oxygen atoms in total. The van der Waals surface area contributed by atoms with Crippen LogP contribution in [0, 0.1) is 5.92 Å². The third-order valence-electron chi connectivity index (χ3n) is 4.98. The van der Waals surface area contributed by atoms with Gasteiger partial charge in [0.1, 0.15) is 23.8 Å². The number of ether oxygens (including phenoxy) is 4. The monoisotopic (exact) mass is 412 g/mol. The van der Waals surface area contributed by atoms with Crippen LogP contribution in [0.25, 0.3) is 0 Å². The zero-order chi connectivity index (χ0) is 21.6. The molecular formula is C22H33FO6. The summed E-state index contributed by atoms with van der Waals surface area (Å²) in [7, 11) is 1.59. The lowest BCUT2D eigenvalue weighted by Crippen LogP contribution is -2.38. The Hall–Kier alpha value is -1.51. The first kappa shape index (κ1) is 23.8. The average Bonchev–Trinajstić information content (AvgIpc) is 2.96. The van der Waals surface area contributed by atoms with Crippen LogP contribution in [0.2, 0.25) is 0 Å². The van der Waals surface area contributed by atoms with E-state index in [1.807, 2.05) is 24.3 Å². The van der Waals surface area contributed by atoms with Gasteiger partial charge in [0.2, 0.25) is 0 Å². The molecule has 164 valence electrons. The van der Waals surface area contributed by atoms with Crippen LogP contribution >= 0.6 is 0 Å². The van der Waals surface area contributed by atoms with Crippen molar-refractivity contribution in [2.45, 2.75) is 70.9 Å². The minimum atomic E-state index is -1.03. The maximum absolute atomic E-state index is 15.2. The molecule has 0 spiro atoms. The Bertz CT molecular complexity index is 658. The number of hydrogen-bond donors (Lipinski definition) is 2. The zero-order valence-corrected chi connectivity index (χ0v) is 17.8. The van der Waals surface area contributed by atoms with Crippen molar-refractivity contribution in [3.63, 3.8) is 0 Å². The van der Waals surface area contributed by atoms with Crippen molar-refractivity contribution in [1.29, 1.82) is 0 Å². The van der Waals surface area contributed by atoms with Gasteiger partial charge in [-0.05, 0) is 51.0 Å². The van der Waals surface area contributed by atoms with Crippen LogP contribution in [-0.4, -0.2) is 54.1 Å². The Balaban J connectivity index is 2.24. The van der Waals surface area contributed by atoms with Gasteiger partial charge in [-0.25, -0.2) is 4.39 Å². The summed E-state index contributed by atoms with van der Waals surface area (Å²) in [4.78, 5) is 0. The molecule has 29 heavy (non-hydrogen) atoms. The van der Waals surface area contributed by atoms with Crippen LogP contribution in [0.15, 0.2) is 36.2 Å². The minimum absolute atomic E-state index is 0.110. The van der Waals surface area contributed by atoms with E-state index < -0.39 is 41.9 Å².